The third-order valence-electron chi connectivity index (χ3n) is 15.8. The predicted molar refractivity (Wildman–Crippen MR) is 274 cm³/mol. The molecule has 4 fully saturated rings. The van der Waals surface area contributed by atoms with Gasteiger partial charge in [0.25, 0.3) is 5.91 Å². The summed E-state index contributed by atoms with van der Waals surface area (Å²) in [7, 11) is 1.31. The van der Waals surface area contributed by atoms with Crippen LogP contribution in [-0.2, 0) is 23.9 Å². The van der Waals surface area contributed by atoms with E-state index in [0.717, 1.165) is 104 Å². The predicted octanol–water partition coefficient (Wildman–Crippen LogP) is 9.99. The van der Waals surface area contributed by atoms with Gasteiger partial charge in [-0.15, -0.1) is 0 Å². The molecule has 2 aromatic heterocycles. The van der Waals surface area contributed by atoms with Gasteiger partial charge in [0, 0.05) is 42.3 Å². The summed E-state index contributed by atoms with van der Waals surface area (Å²) in [5.74, 6) is 1.34. The highest BCUT2D eigenvalue weighted by Gasteiger charge is 2.45. The number of carbonyl (C=O) groups excluding carboxylic acids is 4. The highest BCUT2D eigenvalue weighted by atomic mass is 16.5. The standard InChI is InChI=1S/C57H62N8O6/c1-5-32(2)47(63-57(69)70-4)55(67)64-26-10-15-46(64)52-58-44-24-20-39-27-37(18-22-42(39)49(44)60-52)38-19-23-43-40(28-38)21-25-45-50(43)61-53(59-45)51-33(3)41(31-71-30-34-11-9-12-34)29-65(51)56(68)48(35-13-7-6-8-14-35)62-54(66)36-16-17-36/h6-8,13-14,18-25,27-28,32,34,36,41,46-48,51H,3,5,9-12,15-17,26,29-31H2,1-2,4H3,(H,58,60)(H,59,61)(H,62,66)(H,63,69)/t32-,41-,46-,47-,48+,51-/m0/s1. The number of fused-ring (bicyclic) bond motifs is 6. The van der Waals surface area contributed by atoms with Gasteiger partial charge in [-0.05, 0) is 108 Å². The van der Waals surface area contributed by atoms with Gasteiger partial charge in [-0.25, -0.2) is 14.8 Å². The molecule has 2 aliphatic carbocycles. The summed E-state index contributed by atoms with van der Waals surface area (Å²) < 4.78 is 11.2. The fraction of sp³-hybridized carbons (Fsp3) is 0.404. The molecule has 4 amide bonds. The highest BCUT2D eigenvalue weighted by Crippen LogP contribution is 2.43. The van der Waals surface area contributed by atoms with E-state index in [9.17, 15) is 19.2 Å². The highest BCUT2D eigenvalue weighted by molar-refractivity contribution is 6.08. The Balaban J connectivity index is 0.870. The molecule has 14 nitrogen and oxygen atoms in total. The lowest BCUT2D eigenvalue weighted by Gasteiger charge is -2.30. The van der Waals surface area contributed by atoms with E-state index in [0.29, 0.717) is 38.0 Å². The molecule has 6 atom stereocenters. The van der Waals surface area contributed by atoms with Crippen molar-refractivity contribution in [3.05, 3.63) is 120 Å². The van der Waals surface area contributed by atoms with Gasteiger partial charge in [0.1, 0.15) is 29.8 Å². The molecule has 71 heavy (non-hydrogen) atoms. The number of carbonyl (C=O) groups is 4. The first-order valence-corrected chi connectivity index (χ1v) is 25.5. The normalized spacial score (nSPS) is 20.7. The van der Waals surface area contributed by atoms with Gasteiger partial charge in [0.05, 0.1) is 41.8 Å². The average molecular weight is 955 g/mol. The number of benzene rings is 5. The molecule has 2 saturated carbocycles. The van der Waals surface area contributed by atoms with Crippen LogP contribution in [0, 0.1) is 23.7 Å². The lowest BCUT2D eigenvalue weighted by molar-refractivity contribution is -0.138. The number of nitrogens with zero attached hydrogens (tertiary/aromatic N) is 4. The molecule has 11 rings (SSSR count). The number of amides is 4. The van der Waals surface area contributed by atoms with Gasteiger partial charge in [0.2, 0.25) is 11.8 Å². The molecule has 5 aromatic carbocycles. The lowest BCUT2D eigenvalue weighted by Crippen LogP contribution is -2.51. The number of hydrogen-bond acceptors (Lipinski definition) is 8. The second kappa shape index (κ2) is 19.3. The van der Waals surface area contributed by atoms with Crippen molar-refractivity contribution in [2.24, 2.45) is 23.7 Å². The molecular weight excluding hydrogens is 893 g/mol. The number of aromatic nitrogens is 4. The van der Waals surface area contributed by atoms with Crippen LogP contribution in [0.25, 0.3) is 54.7 Å². The molecule has 4 aliphatic rings. The van der Waals surface area contributed by atoms with Crippen LogP contribution < -0.4 is 10.6 Å². The first-order chi connectivity index (χ1) is 34.6. The first kappa shape index (κ1) is 46.3. The molecule has 4 N–H and O–H groups in total. The summed E-state index contributed by atoms with van der Waals surface area (Å²) in [6.45, 7) is 10.7. The third-order valence-corrected chi connectivity index (χ3v) is 15.8. The quantitative estimate of drug-likeness (QED) is 0.0735. The van der Waals surface area contributed by atoms with E-state index in [-0.39, 0.29) is 41.5 Å². The second-order valence-corrected chi connectivity index (χ2v) is 20.4. The molecule has 7 aromatic rings. The SMILES string of the molecule is C=C1[C@H](COCC2CCC2)CN(C(=O)[C@H](NC(=O)C2CC2)c2ccccc2)[C@@H]1c1nc2c(ccc3cc(-c4ccc5c(ccc6[nH]c([C@@H]7CCCN7C(=O)[C@@H](NC(=O)OC)[C@@H](C)CC)nc65)c4)ccc32)[nH]1. The Hall–Kier alpha value is -7.06. The Bertz CT molecular complexity index is 3190. The Labute approximate surface area is 412 Å². The van der Waals surface area contributed by atoms with Gasteiger partial charge in [-0.2, -0.15) is 0 Å². The van der Waals surface area contributed by atoms with Crippen LogP contribution in [0.4, 0.5) is 4.79 Å². The van der Waals surface area contributed by atoms with Crippen molar-refractivity contribution in [3.63, 3.8) is 0 Å². The van der Waals surface area contributed by atoms with E-state index in [1.165, 1.54) is 26.4 Å². The van der Waals surface area contributed by atoms with Gasteiger partial charge in [-0.1, -0.05) is 100.0 Å². The summed E-state index contributed by atoms with van der Waals surface area (Å²) in [6.07, 6.45) is 7.03. The van der Waals surface area contributed by atoms with Crippen LogP contribution in [0.15, 0.2) is 103 Å². The Morgan fingerprint density at radius 3 is 2.04 bits per heavy atom. The Morgan fingerprint density at radius 1 is 0.761 bits per heavy atom. The second-order valence-electron chi connectivity index (χ2n) is 20.4. The van der Waals surface area contributed by atoms with E-state index in [1.807, 2.05) is 54.0 Å². The van der Waals surface area contributed by atoms with Crippen molar-refractivity contribution in [2.75, 3.05) is 33.4 Å². The van der Waals surface area contributed by atoms with Crippen LogP contribution in [0.3, 0.4) is 0 Å². The third kappa shape index (κ3) is 8.91. The molecule has 4 heterocycles. The topological polar surface area (TPSA) is 175 Å². The van der Waals surface area contributed by atoms with Crippen molar-refractivity contribution in [2.45, 2.75) is 89.4 Å². The number of nitrogens with one attached hydrogen (secondary N) is 4. The van der Waals surface area contributed by atoms with Crippen molar-refractivity contribution < 1.29 is 28.7 Å². The summed E-state index contributed by atoms with van der Waals surface area (Å²) >= 11 is 0. The summed E-state index contributed by atoms with van der Waals surface area (Å²) in [5, 5.41) is 9.96. The van der Waals surface area contributed by atoms with Crippen LogP contribution in [0.5, 0.6) is 0 Å². The number of ether oxygens (including phenoxy) is 2. The minimum atomic E-state index is -0.845. The maximum absolute atomic E-state index is 14.9. The lowest BCUT2D eigenvalue weighted by atomic mass is 9.86. The number of aromatic amines is 2. The number of alkyl carbamates (subject to hydrolysis) is 1. The van der Waals surface area contributed by atoms with Crippen LogP contribution in [0.2, 0.25) is 0 Å². The van der Waals surface area contributed by atoms with E-state index in [1.54, 1.807) is 0 Å². The Morgan fingerprint density at radius 2 is 1.42 bits per heavy atom. The molecular formula is C57H62N8O6. The molecule has 366 valence electrons. The van der Waals surface area contributed by atoms with Crippen LogP contribution in [0.1, 0.15) is 101 Å². The van der Waals surface area contributed by atoms with Crippen molar-refractivity contribution in [1.29, 1.82) is 0 Å². The fourth-order valence-corrected chi connectivity index (χ4v) is 11.0. The van der Waals surface area contributed by atoms with E-state index in [2.05, 4.69) is 87.8 Å². The molecule has 0 bridgehead atoms. The summed E-state index contributed by atoms with van der Waals surface area (Å²) in [4.78, 5) is 75.6. The molecule has 14 heteroatoms. The maximum Gasteiger partial charge on any atom is 0.407 e. The van der Waals surface area contributed by atoms with Crippen molar-refractivity contribution in [3.8, 4) is 11.1 Å². The number of imidazole rings is 2. The fourth-order valence-electron chi connectivity index (χ4n) is 11.0. The number of likely N-dealkylation sites (tertiary alicyclic amines) is 2. The zero-order valence-corrected chi connectivity index (χ0v) is 40.7. The zero-order valence-electron chi connectivity index (χ0n) is 40.7. The molecule has 0 spiro atoms. The van der Waals surface area contributed by atoms with Gasteiger partial charge in [0.15, 0.2) is 0 Å². The van der Waals surface area contributed by atoms with E-state index in [4.69, 9.17) is 19.4 Å². The number of H-pyrrole nitrogens is 2. The number of hydrogen-bond donors (Lipinski definition) is 4. The monoisotopic (exact) mass is 954 g/mol. The van der Waals surface area contributed by atoms with Gasteiger partial charge >= 0.3 is 6.09 Å². The number of rotatable bonds is 15. The minimum absolute atomic E-state index is 0.0544. The summed E-state index contributed by atoms with van der Waals surface area (Å²) in [6, 6.07) is 28.4. The van der Waals surface area contributed by atoms with Gasteiger partial charge < -0.3 is 39.9 Å². The van der Waals surface area contributed by atoms with Crippen LogP contribution in [-0.4, -0.2) is 93.0 Å². The van der Waals surface area contributed by atoms with Crippen molar-refractivity contribution >= 4 is 67.4 Å². The van der Waals surface area contributed by atoms with E-state index >= 15 is 0 Å². The molecule has 0 unspecified atom stereocenters. The molecule has 2 saturated heterocycles. The average Bonchev–Trinajstić information content (AvgIpc) is 3.65. The molecule has 0 radical (unpaired) electrons. The number of methoxy groups -OCH3 is 1. The van der Waals surface area contributed by atoms with Crippen LogP contribution >= 0.6 is 0 Å². The zero-order chi connectivity index (χ0) is 48.9. The smallest absolute Gasteiger partial charge is 0.407 e. The van der Waals surface area contributed by atoms with E-state index < -0.39 is 24.2 Å². The first-order valence-electron chi connectivity index (χ1n) is 25.5. The maximum atomic E-state index is 14.9. The molecule has 2 aliphatic heterocycles. The van der Waals surface area contributed by atoms with Crippen molar-refractivity contribution in [1.82, 2.24) is 40.4 Å². The summed E-state index contributed by atoms with van der Waals surface area (Å²) in [5.41, 5.74) is 7.14. The Kier molecular flexibility index (Phi) is 12.6. The van der Waals surface area contributed by atoms with Gasteiger partial charge in [-0.3, -0.25) is 14.4 Å². The largest absolute Gasteiger partial charge is 0.453 e. The minimum Gasteiger partial charge on any atom is -0.453 e.